The molecule has 88 valence electrons. The van der Waals surface area contributed by atoms with Crippen molar-refractivity contribution in [3.63, 3.8) is 0 Å². The van der Waals surface area contributed by atoms with Crippen LogP contribution < -0.4 is 4.74 Å². The molecule has 0 aliphatic rings. The van der Waals surface area contributed by atoms with Crippen LogP contribution in [0, 0.1) is 13.8 Å². The van der Waals surface area contributed by atoms with Gasteiger partial charge in [-0.2, -0.15) is 0 Å². The van der Waals surface area contributed by atoms with Gasteiger partial charge in [-0.15, -0.1) is 0 Å². The van der Waals surface area contributed by atoms with Gasteiger partial charge in [0.25, 0.3) is 0 Å². The number of rotatable bonds is 5. The summed E-state index contributed by atoms with van der Waals surface area (Å²) in [6.45, 7) is 3.69. The van der Waals surface area contributed by atoms with Crippen molar-refractivity contribution in [1.82, 2.24) is 0 Å². The molecule has 4 nitrogen and oxygen atoms in total. The quantitative estimate of drug-likeness (QED) is 0.764. The van der Waals surface area contributed by atoms with E-state index in [2.05, 4.69) is 4.74 Å². The van der Waals surface area contributed by atoms with Crippen molar-refractivity contribution in [3.05, 3.63) is 29.3 Å². The van der Waals surface area contributed by atoms with Crippen LogP contribution in [-0.2, 0) is 9.53 Å². The first-order chi connectivity index (χ1) is 7.63. The standard InChI is InChI=1S/C12H16O4/c1-9-3-4-11(7-10(9)2)16-8-12(14)15-6-5-13/h3-4,7,13H,5-6,8H2,1-2H3. The Balaban J connectivity index is 2.42. The molecule has 1 rings (SSSR count). The highest BCUT2D eigenvalue weighted by molar-refractivity contribution is 5.71. The summed E-state index contributed by atoms with van der Waals surface area (Å²) in [6, 6.07) is 5.61. The third-order valence-corrected chi connectivity index (χ3v) is 2.19. The smallest absolute Gasteiger partial charge is 0.344 e. The van der Waals surface area contributed by atoms with Crippen LogP contribution in [0.2, 0.25) is 0 Å². The normalized spacial score (nSPS) is 9.94. The van der Waals surface area contributed by atoms with E-state index < -0.39 is 5.97 Å². The molecule has 16 heavy (non-hydrogen) atoms. The number of esters is 1. The Morgan fingerprint density at radius 1 is 1.31 bits per heavy atom. The predicted octanol–water partition coefficient (Wildman–Crippen LogP) is 1.22. The number of aliphatic hydroxyl groups is 1. The van der Waals surface area contributed by atoms with E-state index in [1.807, 2.05) is 32.0 Å². The zero-order valence-electron chi connectivity index (χ0n) is 9.53. The Kier molecular flexibility index (Phi) is 4.79. The summed E-state index contributed by atoms with van der Waals surface area (Å²) in [4.78, 5) is 11.1. The fraction of sp³-hybridized carbons (Fsp3) is 0.417. The third kappa shape index (κ3) is 3.90. The van der Waals surface area contributed by atoms with Gasteiger partial charge in [0.05, 0.1) is 6.61 Å². The molecule has 0 amide bonds. The molecule has 0 atom stereocenters. The van der Waals surface area contributed by atoms with Crippen LogP contribution in [0.25, 0.3) is 0 Å². The lowest BCUT2D eigenvalue weighted by molar-refractivity contribution is -0.146. The summed E-state index contributed by atoms with van der Waals surface area (Å²) in [5, 5.41) is 8.45. The van der Waals surface area contributed by atoms with Gasteiger partial charge in [-0.25, -0.2) is 4.79 Å². The first-order valence-corrected chi connectivity index (χ1v) is 5.10. The molecule has 1 aromatic carbocycles. The highest BCUT2D eigenvalue weighted by Gasteiger charge is 2.04. The van der Waals surface area contributed by atoms with E-state index in [9.17, 15) is 4.79 Å². The van der Waals surface area contributed by atoms with Crippen LogP contribution in [0.5, 0.6) is 5.75 Å². The highest BCUT2D eigenvalue weighted by atomic mass is 16.6. The Bertz CT molecular complexity index is 360. The number of aryl methyl sites for hydroxylation is 2. The molecule has 1 aromatic rings. The molecule has 0 aliphatic heterocycles. The minimum absolute atomic E-state index is 0.00905. The van der Waals surface area contributed by atoms with E-state index >= 15 is 0 Å². The number of hydrogen-bond donors (Lipinski definition) is 1. The fourth-order valence-corrected chi connectivity index (χ4v) is 1.15. The van der Waals surface area contributed by atoms with Crippen LogP contribution >= 0.6 is 0 Å². The van der Waals surface area contributed by atoms with Gasteiger partial charge in [-0.1, -0.05) is 6.07 Å². The summed E-state index contributed by atoms with van der Waals surface area (Å²) in [7, 11) is 0. The minimum Gasteiger partial charge on any atom is -0.482 e. The molecule has 4 heteroatoms. The first kappa shape index (κ1) is 12.5. The van der Waals surface area contributed by atoms with Crippen LogP contribution in [0.3, 0.4) is 0 Å². The van der Waals surface area contributed by atoms with Crippen molar-refractivity contribution in [2.45, 2.75) is 13.8 Å². The second-order valence-electron chi connectivity index (χ2n) is 3.48. The fourth-order valence-electron chi connectivity index (χ4n) is 1.15. The molecule has 0 aromatic heterocycles. The third-order valence-electron chi connectivity index (χ3n) is 2.19. The lowest BCUT2D eigenvalue weighted by Crippen LogP contribution is -2.16. The van der Waals surface area contributed by atoms with E-state index in [1.54, 1.807) is 0 Å². The molecule has 1 N–H and O–H groups in total. The minimum atomic E-state index is -0.479. The van der Waals surface area contributed by atoms with Gasteiger partial charge in [-0.05, 0) is 37.1 Å². The second kappa shape index (κ2) is 6.12. The second-order valence-corrected chi connectivity index (χ2v) is 3.48. The molecule has 0 heterocycles. The molecule has 0 fully saturated rings. The molecule has 0 saturated carbocycles. The van der Waals surface area contributed by atoms with Gasteiger partial charge in [0.15, 0.2) is 6.61 Å². The Hall–Kier alpha value is -1.55. The average molecular weight is 224 g/mol. The van der Waals surface area contributed by atoms with Crippen LogP contribution in [0.15, 0.2) is 18.2 Å². The maximum absolute atomic E-state index is 11.1. The highest BCUT2D eigenvalue weighted by Crippen LogP contribution is 2.16. The topological polar surface area (TPSA) is 55.8 Å². The molecule has 0 aliphatic carbocycles. The summed E-state index contributed by atoms with van der Waals surface area (Å²) >= 11 is 0. The van der Waals surface area contributed by atoms with Gasteiger partial charge in [0.1, 0.15) is 12.4 Å². The predicted molar refractivity (Wildman–Crippen MR) is 59.5 cm³/mol. The number of carbonyl (C=O) groups is 1. The zero-order valence-corrected chi connectivity index (χ0v) is 9.53. The number of aliphatic hydroxyl groups excluding tert-OH is 1. The zero-order chi connectivity index (χ0) is 12.0. The van der Waals surface area contributed by atoms with E-state index in [1.165, 1.54) is 5.56 Å². The van der Waals surface area contributed by atoms with E-state index in [0.29, 0.717) is 5.75 Å². The molecule has 0 spiro atoms. The number of hydrogen-bond acceptors (Lipinski definition) is 4. The molecule has 0 unspecified atom stereocenters. The van der Waals surface area contributed by atoms with Crippen LogP contribution in [0.1, 0.15) is 11.1 Å². The van der Waals surface area contributed by atoms with Crippen molar-refractivity contribution in [2.24, 2.45) is 0 Å². The van der Waals surface area contributed by atoms with Crippen LogP contribution in [0.4, 0.5) is 0 Å². The van der Waals surface area contributed by atoms with Crippen molar-refractivity contribution in [2.75, 3.05) is 19.8 Å². The first-order valence-electron chi connectivity index (χ1n) is 5.10. The van der Waals surface area contributed by atoms with E-state index in [-0.39, 0.29) is 19.8 Å². The van der Waals surface area contributed by atoms with Crippen molar-refractivity contribution in [3.8, 4) is 5.75 Å². The summed E-state index contributed by atoms with van der Waals surface area (Å²) in [5.74, 6) is 0.163. The van der Waals surface area contributed by atoms with Gasteiger partial charge in [0.2, 0.25) is 0 Å². The summed E-state index contributed by atoms with van der Waals surface area (Å²) in [6.07, 6.45) is 0. The average Bonchev–Trinajstić information content (AvgIpc) is 2.28. The lowest BCUT2D eigenvalue weighted by Gasteiger charge is -2.07. The van der Waals surface area contributed by atoms with Gasteiger partial charge in [0, 0.05) is 0 Å². The molecule has 0 bridgehead atoms. The number of carbonyl (C=O) groups excluding carboxylic acids is 1. The Morgan fingerprint density at radius 2 is 2.06 bits per heavy atom. The maximum Gasteiger partial charge on any atom is 0.344 e. The van der Waals surface area contributed by atoms with E-state index in [4.69, 9.17) is 9.84 Å². The number of ether oxygens (including phenoxy) is 2. The monoisotopic (exact) mass is 224 g/mol. The van der Waals surface area contributed by atoms with Gasteiger partial charge >= 0.3 is 5.97 Å². The van der Waals surface area contributed by atoms with Gasteiger partial charge < -0.3 is 14.6 Å². The van der Waals surface area contributed by atoms with Crippen molar-refractivity contribution < 1.29 is 19.4 Å². The number of benzene rings is 1. The van der Waals surface area contributed by atoms with Crippen molar-refractivity contribution >= 4 is 5.97 Å². The maximum atomic E-state index is 11.1. The summed E-state index contributed by atoms with van der Waals surface area (Å²) < 4.78 is 9.90. The SMILES string of the molecule is Cc1ccc(OCC(=O)OCCO)cc1C. The molecule has 0 saturated heterocycles. The van der Waals surface area contributed by atoms with Gasteiger partial charge in [-0.3, -0.25) is 0 Å². The lowest BCUT2D eigenvalue weighted by atomic mass is 10.1. The van der Waals surface area contributed by atoms with Crippen molar-refractivity contribution in [1.29, 1.82) is 0 Å². The molecule has 0 radical (unpaired) electrons. The Morgan fingerprint density at radius 3 is 2.69 bits per heavy atom. The Labute approximate surface area is 94.8 Å². The van der Waals surface area contributed by atoms with E-state index in [0.717, 1.165) is 5.56 Å². The largest absolute Gasteiger partial charge is 0.482 e. The molecular formula is C12H16O4. The van der Waals surface area contributed by atoms with Crippen LogP contribution in [-0.4, -0.2) is 30.9 Å². The molecular weight excluding hydrogens is 208 g/mol. The summed E-state index contributed by atoms with van der Waals surface area (Å²) in [5.41, 5.74) is 2.29.